The molecule has 0 spiro atoms. The summed E-state index contributed by atoms with van der Waals surface area (Å²) in [5, 5.41) is 6.15. The van der Waals surface area contributed by atoms with Gasteiger partial charge in [0.25, 0.3) is 0 Å². The molecule has 0 fully saturated rings. The van der Waals surface area contributed by atoms with E-state index in [1.54, 1.807) is 13.3 Å². The maximum absolute atomic E-state index is 11.1. The molecule has 0 aliphatic carbocycles. The van der Waals surface area contributed by atoms with Gasteiger partial charge in [0, 0.05) is 42.0 Å². The summed E-state index contributed by atoms with van der Waals surface area (Å²) < 4.78 is 11.1. The zero-order valence-corrected chi connectivity index (χ0v) is 9.97. The number of hydrogen-bond donors (Lipinski definition) is 2. The Morgan fingerprint density at radius 3 is 2.73 bits per heavy atom. The average molecular weight is 228 g/mol. The fourth-order valence-corrected chi connectivity index (χ4v) is 1.27. The molecule has 0 radical (unpaired) electrons. The van der Waals surface area contributed by atoms with Crippen LogP contribution in [-0.4, -0.2) is 39.3 Å². The molecule has 0 bridgehead atoms. The number of aromatic nitrogens is 2. The summed E-state index contributed by atoms with van der Waals surface area (Å²) in [6.45, 7) is 2.58. The molecular formula is C9H16N4OS. The van der Waals surface area contributed by atoms with Crippen LogP contribution in [0.25, 0.3) is 0 Å². The normalized spacial score (nSPS) is 14.3. The molecule has 5 nitrogen and oxygen atoms in total. The van der Waals surface area contributed by atoms with Crippen molar-refractivity contribution in [3.05, 3.63) is 12.4 Å². The predicted molar refractivity (Wildman–Crippen MR) is 63.6 cm³/mol. The van der Waals surface area contributed by atoms with Crippen molar-refractivity contribution in [1.82, 2.24) is 9.97 Å². The molecule has 0 aromatic carbocycles. The van der Waals surface area contributed by atoms with Crippen LogP contribution in [0.5, 0.6) is 0 Å². The van der Waals surface area contributed by atoms with E-state index in [9.17, 15) is 4.21 Å². The van der Waals surface area contributed by atoms with E-state index in [-0.39, 0.29) is 5.25 Å². The summed E-state index contributed by atoms with van der Waals surface area (Å²) in [6.07, 6.45) is 3.19. The smallest absolute Gasteiger partial charge is 0.131 e. The molecule has 0 amide bonds. The second-order valence-corrected chi connectivity index (χ2v) is 5.03. The molecule has 0 aliphatic heterocycles. The second-order valence-electron chi connectivity index (χ2n) is 3.23. The molecule has 0 saturated carbocycles. The number of rotatable bonds is 5. The van der Waals surface area contributed by atoms with Crippen LogP contribution >= 0.6 is 0 Å². The summed E-state index contributed by atoms with van der Waals surface area (Å²) in [7, 11) is 0.989. The van der Waals surface area contributed by atoms with Gasteiger partial charge in [-0.2, -0.15) is 0 Å². The van der Waals surface area contributed by atoms with Crippen LogP contribution in [0.4, 0.5) is 11.6 Å². The number of anilines is 2. The number of nitrogens with zero attached hydrogens (tertiary/aromatic N) is 2. The zero-order chi connectivity index (χ0) is 11.3. The lowest BCUT2D eigenvalue weighted by molar-refractivity contribution is 0.679. The van der Waals surface area contributed by atoms with Crippen LogP contribution < -0.4 is 10.6 Å². The SMILES string of the molecule is CNc1cc(NCC(C)S(C)=O)ncn1. The largest absolute Gasteiger partial charge is 0.373 e. The van der Waals surface area contributed by atoms with Gasteiger partial charge in [-0.1, -0.05) is 0 Å². The van der Waals surface area contributed by atoms with Crippen molar-refractivity contribution in [1.29, 1.82) is 0 Å². The Labute approximate surface area is 92.2 Å². The third kappa shape index (κ3) is 3.83. The van der Waals surface area contributed by atoms with Crippen molar-refractivity contribution in [3.8, 4) is 0 Å². The fourth-order valence-electron chi connectivity index (χ4n) is 0.956. The first-order valence-electron chi connectivity index (χ1n) is 4.69. The van der Waals surface area contributed by atoms with E-state index in [1.807, 2.05) is 13.0 Å². The lowest BCUT2D eigenvalue weighted by atomic mass is 10.4. The molecule has 1 rings (SSSR count). The second kappa shape index (κ2) is 5.65. The molecule has 1 heterocycles. The lowest BCUT2D eigenvalue weighted by Crippen LogP contribution is -2.21. The highest BCUT2D eigenvalue weighted by Gasteiger charge is 2.05. The molecule has 2 N–H and O–H groups in total. The third-order valence-corrected chi connectivity index (χ3v) is 3.36. The molecule has 0 saturated heterocycles. The Morgan fingerprint density at radius 1 is 1.47 bits per heavy atom. The first-order valence-corrected chi connectivity index (χ1v) is 6.31. The minimum absolute atomic E-state index is 0.109. The zero-order valence-electron chi connectivity index (χ0n) is 9.15. The number of nitrogens with one attached hydrogen (secondary N) is 2. The quantitative estimate of drug-likeness (QED) is 0.776. The van der Waals surface area contributed by atoms with Crippen LogP contribution in [0, 0.1) is 0 Å². The van der Waals surface area contributed by atoms with E-state index in [1.165, 1.54) is 6.33 Å². The first-order chi connectivity index (χ1) is 7.13. The number of hydrogen-bond acceptors (Lipinski definition) is 5. The standard InChI is InChI=1S/C9H16N4OS/c1-7(15(3)14)5-11-9-4-8(10-2)12-6-13-9/h4,6-7H,5H2,1-3H3,(H2,10,11,12,13). The van der Waals surface area contributed by atoms with E-state index >= 15 is 0 Å². The molecule has 2 unspecified atom stereocenters. The summed E-state index contributed by atoms with van der Waals surface area (Å²) in [5.74, 6) is 1.50. The van der Waals surface area contributed by atoms with Gasteiger partial charge in [0.05, 0.1) is 0 Å². The highest BCUT2D eigenvalue weighted by Crippen LogP contribution is 2.07. The molecule has 2 atom stereocenters. The van der Waals surface area contributed by atoms with Crippen LogP contribution in [0.15, 0.2) is 12.4 Å². The Balaban J connectivity index is 2.53. The van der Waals surface area contributed by atoms with Crippen molar-refractivity contribution < 1.29 is 4.21 Å². The molecule has 0 aliphatic rings. The molecule has 1 aromatic rings. The van der Waals surface area contributed by atoms with Gasteiger partial charge in [-0.25, -0.2) is 9.97 Å². The predicted octanol–water partition coefficient (Wildman–Crippen LogP) is 0.697. The van der Waals surface area contributed by atoms with Gasteiger partial charge in [-0.15, -0.1) is 0 Å². The molecule has 15 heavy (non-hydrogen) atoms. The van der Waals surface area contributed by atoms with Crippen LogP contribution in [0.2, 0.25) is 0 Å². The van der Waals surface area contributed by atoms with Crippen LogP contribution in [0.1, 0.15) is 6.92 Å². The van der Waals surface area contributed by atoms with Crippen molar-refractivity contribution in [2.45, 2.75) is 12.2 Å². The Kier molecular flexibility index (Phi) is 4.48. The van der Waals surface area contributed by atoms with Crippen molar-refractivity contribution in [2.75, 3.05) is 30.5 Å². The molecular weight excluding hydrogens is 212 g/mol. The highest BCUT2D eigenvalue weighted by atomic mass is 32.2. The maximum atomic E-state index is 11.1. The van der Waals surface area contributed by atoms with Crippen molar-refractivity contribution >= 4 is 22.4 Å². The van der Waals surface area contributed by atoms with Gasteiger partial charge >= 0.3 is 0 Å². The van der Waals surface area contributed by atoms with Gasteiger partial charge in [0.15, 0.2) is 0 Å². The van der Waals surface area contributed by atoms with Gasteiger partial charge < -0.3 is 10.6 Å². The average Bonchev–Trinajstić information content (AvgIpc) is 2.26. The van der Waals surface area contributed by atoms with E-state index in [0.717, 1.165) is 11.6 Å². The lowest BCUT2D eigenvalue weighted by Gasteiger charge is -2.10. The molecule has 6 heteroatoms. The summed E-state index contributed by atoms with van der Waals surface area (Å²) in [4.78, 5) is 8.06. The van der Waals surface area contributed by atoms with Crippen LogP contribution in [-0.2, 0) is 10.8 Å². The van der Waals surface area contributed by atoms with Crippen molar-refractivity contribution in [3.63, 3.8) is 0 Å². The summed E-state index contributed by atoms with van der Waals surface area (Å²) in [5.41, 5.74) is 0. The summed E-state index contributed by atoms with van der Waals surface area (Å²) in [6, 6.07) is 1.81. The first kappa shape index (κ1) is 11.9. The van der Waals surface area contributed by atoms with E-state index in [4.69, 9.17) is 0 Å². The van der Waals surface area contributed by atoms with Gasteiger partial charge in [0.1, 0.15) is 18.0 Å². The monoisotopic (exact) mass is 228 g/mol. The van der Waals surface area contributed by atoms with E-state index in [0.29, 0.717) is 6.54 Å². The Hall–Kier alpha value is -1.17. The topological polar surface area (TPSA) is 66.9 Å². The summed E-state index contributed by atoms with van der Waals surface area (Å²) >= 11 is 0. The van der Waals surface area contributed by atoms with Gasteiger partial charge in [-0.3, -0.25) is 4.21 Å². The van der Waals surface area contributed by atoms with Gasteiger partial charge in [-0.05, 0) is 6.92 Å². The fraction of sp³-hybridized carbons (Fsp3) is 0.556. The minimum atomic E-state index is -0.813. The minimum Gasteiger partial charge on any atom is -0.373 e. The Morgan fingerprint density at radius 2 is 2.13 bits per heavy atom. The van der Waals surface area contributed by atoms with E-state index in [2.05, 4.69) is 20.6 Å². The van der Waals surface area contributed by atoms with Gasteiger partial charge in [0.2, 0.25) is 0 Å². The highest BCUT2D eigenvalue weighted by molar-refractivity contribution is 7.84. The molecule has 1 aromatic heterocycles. The molecule has 84 valence electrons. The maximum Gasteiger partial charge on any atom is 0.131 e. The van der Waals surface area contributed by atoms with E-state index < -0.39 is 10.8 Å². The van der Waals surface area contributed by atoms with Crippen molar-refractivity contribution in [2.24, 2.45) is 0 Å². The van der Waals surface area contributed by atoms with Crippen LogP contribution in [0.3, 0.4) is 0 Å². The Bertz CT molecular complexity index is 345. The third-order valence-electron chi connectivity index (χ3n) is 2.06.